The van der Waals surface area contributed by atoms with Crippen LogP contribution in [0.3, 0.4) is 0 Å². The Bertz CT molecular complexity index is 440. The second kappa shape index (κ2) is 5.80. The van der Waals surface area contributed by atoms with Crippen LogP contribution in [0.5, 0.6) is 11.5 Å². The number of ether oxygens (including phenoxy) is 2. The van der Waals surface area contributed by atoms with E-state index in [1.165, 1.54) is 17.5 Å². The first kappa shape index (κ1) is 12.8. The molecule has 2 rings (SSSR count). The fraction of sp³-hybridized carbons (Fsp3) is 0.467. The van der Waals surface area contributed by atoms with E-state index in [0.717, 1.165) is 31.0 Å². The van der Waals surface area contributed by atoms with Crippen LogP contribution in [-0.4, -0.2) is 32.2 Å². The molecule has 0 fully saturated rings. The van der Waals surface area contributed by atoms with Crippen molar-refractivity contribution in [3.05, 3.63) is 29.5 Å². The molecule has 1 aromatic rings. The minimum Gasteiger partial charge on any atom is -0.493 e. The molecule has 98 valence electrons. The van der Waals surface area contributed by atoms with Crippen LogP contribution in [0.4, 0.5) is 0 Å². The number of hydrogen-bond acceptors (Lipinski definition) is 3. The van der Waals surface area contributed by atoms with Crippen molar-refractivity contribution < 1.29 is 9.47 Å². The fourth-order valence-electron chi connectivity index (χ4n) is 2.31. The third kappa shape index (κ3) is 2.61. The van der Waals surface area contributed by atoms with Gasteiger partial charge in [-0.1, -0.05) is 6.92 Å². The summed E-state index contributed by atoms with van der Waals surface area (Å²) >= 11 is 0. The van der Waals surface area contributed by atoms with Crippen molar-refractivity contribution in [2.45, 2.75) is 19.8 Å². The molecule has 0 N–H and O–H groups in total. The number of rotatable bonds is 4. The topological polar surface area (TPSA) is 21.7 Å². The molecule has 0 aromatic heterocycles. The SMILES string of the molecule is CCCN1C=Cc2cc(OC)c(OC)cc2CC1. The first-order chi connectivity index (χ1) is 8.78. The Morgan fingerprint density at radius 3 is 2.56 bits per heavy atom. The minimum atomic E-state index is 0.796. The van der Waals surface area contributed by atoms with Crippen LogP contribution in [0.1, 0.15) is 24.5 Å². The predicted molar refractivity (Wildman–Crippen MR) is 74.1 cm³/mol. The van der Waals surface area contributed by atoms with Gasteiger partial charge in [-0.25, -0.2) is 0 Å². The summed E-state index contributed by atoms with van der Waals surface area (Å²) in [4.78, 5) is 2.36. The van der Waals surface area contributed by atoms with Crippen LogP contribution in [0.25, 0.3) is 6.08 Å². The van der Waals surface area contributed by atoms with Gasteiger partial charge in [-0.05, 0) is 48.4 Å². The van der Waals surface area contributed by atoms with Crippen molar-refractivity contribution in [2.75, 3.05) is 27.3 Å². The van der Waals surface area contributed by atoms with Gasteiger partial charge in [0.05, 0.1) is 14.2 Å². The molecule has 1 aliphatic rings. The standard InChI is InChI=1S/C15H21NO2/c1-4-7-16-8-5-12-10-14(17-2)15(18-3)11-13(12)6-9-16/h5,8,10-11H,4,6-7,9H2,1-3H3. The lowest BCUT2D eigenvalue weighted by Crippen LogP contribution is -2.19. The summed E-state index contributed by atoms with van der Waals surface area (Å²) in [5, 5.41) is 0. The number of nitrogens with zero attached hydrogens (tertiary/aromatic N) is 1. The average molecular weight is 247 g/mol. The monoisotopic (exact) mass is 247 g/mol. The summed E-state index contributed by atoms with van der Waals surface area (Å²) in [6.45, 7) is 4.38. The maximum atomic E-state index is 5.35. The van der Waals surface area contributed by atoms with Crippen molar-refractivity contribution in [3.8, 4) is 11.5 Å². The molecule has 0 spiro atoms. The first-order valence-corrected chi connectivity index (χ1v) is 6.45. The molecule has 18 heavy (non-hydrogen) atoms. The molecule has 3 heteroatoms. The quantitative estimate of drug-likeness (QED) is 0.816. The second-order valence-corrected chi connectivity index (χ2v) is 4.51. The number of hydrogen-bond donors (Lipinski definition) is 0. The summed E-state index contributed by atoms with van der Waals surface area (Å²) in [7, 11) is 3.36. The van der Waals surface area contributed by atoms with E-state index in [1.807, 2.05) is 0 Å². The van der Waals surface area contributed by atoms with E-state index in [2.05, 4.69) is 36.2 Å². The molecular weight excluding hydrogens is 226 g/mol. The van der Waals surface area contributed by atoms with Crippen molar-refractivity contribution in [3.63, 3.8) is 0 Å². The molecule has 0 atom stereocenters. The molecule has 0 saturated carbocycles. The highest BCUT2D eigenvalue weighted by molar-refractivity contribution is 5.61. The van der Waals surface area contributed by atoms with E-state index in [9.17, 15) is 0 Å². The largest absolute Gasteiger partial charge is 0.493 e. The zero-order valence-electron chi connectivity index (χ0n) is 11.4. The van der Waals surface area contributed by atoms with E-state index in [1.54, 1.807) is 14.2 Å². The Kier molecular flexibility index (Phi) is 4.13. The average Bonchev–Trinajstić information content (AvgIpc) is 2.60. The molecule has 0 amide bonds. The molecule has 0 radical (unpaired) electrons. The van der Waals surface area contributed by atoms with Crippen LogP contribution in [-0.2, 0) is 6.42 Å². The summed E-state index contributed by atoms with van der Waals surface area (Å²) < 4.78 is 10.7. The van der Waals surface area contributed by atoms with Crippen LogP contribution < -0.4 is 9.47 Å². The molecule has 0 saturated heterocycles. The van der Waals surface area contributed by atoms with Gasteiger partial charge in [-0.3, -0.25) is 0 Å². The summed E-state index contributed by atoms with van der Waals surface area (Å²) in [5.74, 6) is 1.61. The van der Waals surface area contributed by atoms with Gasteiger partial charge in [-0.15, -0.1) is 0 Å². The molecule has 1 heterocycles. The third-order valence-electron chi connectivity index (χ3n) is 3.29. The third-order valence-corrected chi connectivity index (χ3v) is 3.29. The van der Waals surface area contributed by atoms with Gasteiger partial charge < -0.3 is 14.4 Å². The Morgan fingerprint density at radius 2 is 1.89 bits per heavy atom. The van der Waals surface area contributed by atoms with Crippen molar-refractivity contribution >= 4 is 6.08 Å². The number of methoxy groups -OCH3 is 2. The molecular formula is C15H21NO2. The first-order valence-electron chi connectivity index (χ1n) is 6.45. The Labute approximate surface area is 109 Å². The highest BCUT2D eigenvalue weighted by atomic mass is 16.5. The van der Waals surface area contributed by atoms with Crippen molar-refractivity contribution in [2.24, 2.45) is 0 Å². The second-order valence-electron chi connectivity index (χ2n) is 4.51. The molecule has 1 aromatic carbocycles. The van der Waals surface area contributed by atoms with Gasteiger partial charge in [0.2, 0.25) is 0 Å². The lowest BCUT2D eigenvalue weighted by molar-refractivity contribution is 0.354. The van der Waals surface area contributed by atoms with Crippen LogP contribution in [0.15, 0.2) is 18.3 Å². The maximum Gasteiger partial charge on any atom is 0.161 e. The Morgan fingerprint density at radius 1 is 1.17 bits per heavy atom. The summed E-state index contributed by atoms with van der Waals surface area (Å²) in [6.07, 6.45) is 6.57. The lowest BCUT2D eigenvalue weighted by atomic mass is 10.0. The molecule has 3 nitrogen and oxygen atoms in total. The summed E-state index contributed by atoms with van der Waals surface area (Å²) in [6, 6.07) is 4.15. The normalized spacial score (nSPS) is 14.1. The highest BCUT2D eigenvalue weighted by Gasteiger charge is 2.13. The van der Waals surface area contributed by atoms with Crippen molar-refractivity contribution in [1.82, 2.24) is 4.90 Å². The smallest absolute Gasteiger partial charge is 0.161 e. The molecule has 0 bridgehead atoms. The molecule has 1 aliphatic heterocycles. The highest BCUT2D eigenvalue weighted by Crippen LogP contribution is 2.32. The van der Waals surface area contributed by atoms with Crippen LogP contribution in [0, 0.1) is 0 Å². The van der Waals surface area contributed by atoms with E-state index in [4.69, 9.17) is 9.47 Å². The maximum absolute atomic E-state index is 5.35. The van der Waals surface area contributed by atoms with Crippen molar-refractivity contribution in [1.29, 1.82) is 0 Å². The van der Waals surface area contributed by atoms with E-state index >= 15 is 0 Å². The van der Waals surface area contributed by atoms with Gasteiger partial charge in [-0.2, -0.15) is 0 Å². The minimum absolute atomic E-state index is 0.796. The van der Waals surface area contributed by atoms with Gasteiger partial charge >= 0.3 is 0 Å². The Hall–Kier alpha value is -1.64. The molecule has 0 aliphatic carbocycles. The van der Waals surface area contributed by atoms with Gasteiger partial charge in [0.1, 0.15) is 0 Å². The molecule has 0 unspecified atom stereocenters. The number of fused-ring (bicyclic) bond motifs is 1. The zero-order chi connectivity index (χ0) is 13.0. The van der Waals surface area contributed by atoms with E-state index in [0.29, 0.717) is 0 Å². The van der Waals surface area contributed by atoms with E-state index in [-0.39, 0.29) is 0 Å². The lowest BCUT2D eigenvalue weighted by Gasteiger charge is -2.17. The Balaban J connectivity index is 2.30. The fourth-order valence-corrected chi connectivity index (χ4v) is 2.31. The van der Waals surface area contributed by atoms with Crippen LogP contribution >= 0.6 is 0 Å². The zero-order valence-corrected chi connectivity index (χ0v) is 11.4. The predicted octanol–water partition coefficient (Wildman–Crippen LogP) is 2.94. The van der Waals surface area contributed by atoms with Gasteiger partial charge in [0, 0.05) is 13.1 Å². The van der Waals surface area contributed by atoms with E-state index < -0.39 is 0 Å². The number of benzene rings is 1. The summed E-state index contributed by atoms with van der Waals surface area (Å²) in [5.41, 5.74) is 2.55. The van der Waals surface area contributed by atoms with Crippen LogP contribution in [0.2, 0.25) is 0 Å². The van der Waals surface area contributed by atoms with Gasteiger partial charge in [0.15, 0.2) is 11.5 Å². The van der Waals surface area contributed by atoms with Gasteiger partial charge in [0.25, 0.3) is 0 Å².